The van der Waals surface area contributed by atoms with Crippen LogP contribution in [-0.2, 0) is 28.2 Å². The molecule has 1 amide bonds. The Kier molecular flexibility index (Phi) is 24.6. The van der Waals surface area contributed by atoms with Crippen molar-refractivity contribution >= 4 is 25.5 Å². The summed E-state index contributed by atoms with van der Waals surface area (Å²) in [5.41, 5.74) is -1.18. The van der Waals surface area contributed by atoms with Gasteiger partial charge in [0.25, 0.3) is 12.4 Å². The zero-order chi connectivity index (χ0) is 34.1. The monoisotopic (exact) mass is 668 g/mol. The van der Waals surface area contributed by atoms with Crippen LogP contribution in [0.2, 0.25) is 0 Å². The van der Waals surface area contributed by atoms with Crippen molar-refractivity contribution in [2.45, 2.75) is 123 Å². The molecule has 0 aliphatic carbocycles. The number of aliphatic hydroxyl groups is 1. The number of rotatable bonds is 24. The first-order chi connectivity index (χ1) is 21.3. The molecule has 0 saturated heterocycles. The number of halogens is 1. The van der Waals surface area contributed by atoms with Crippen LogP contribution in [0.1, 0.15) is 111 Å². The number of anilines is 1. The van der Waals surface area contributed by atoms with E-state index in [1.54, 1.807) is 7.05 Å². The van der Waals surface area contributed by atoms with E-state index in [4.69, 9.17) is 19.3 Å². The van der Waals surface area contributed by atoms with E-state index < -0.39 is 57.3 Å². The Morgan fingerprint density at radius 2 is 1.56 bits per heavy atom. The molecule has 45 heavy (non-hydrogen) atoms. The van der Waals surface area contributed by atoms with Crippen molar-refractivity contribution in [2.24, 2.45) is 0 Å². The maximum Gasteiger partial charge on any atom is 0.469 e. The summed E-state index contributed by atoms with van der Waals surface area (Å²) < 4.78 is 39.1. The number of aliphatic hydroxyl groups excluding tert-OH is 1. The molecule has 0 radical (unpaired) electrons. The van der Waals surface area contributed by atoms with Gasteiger partial charge in [-0.05, 0) is 20.0 Å². The van der Waals surface area contributed by atoms with Crippen LogP contribution >= 0.6 is 7.82 Å². The number of nitrogens with one attached hydrogen (secondary N) is 2. The number of hydrogen-bond donors (Lipinski definition) is 5. The van der Waals surface area contributed by atoms with Gasteiger partial charge < -0.3 is 35.0 Å². The highest BCUT2D eigenvalue weighted by molar-refractivity contribution is 7.46. The van der Waals surface area contributed by atoms with Gasteiger partial charge in [-0.1, -0.05) is 90.9 Å². The van der Waals surface area contributed by atoms with Gasteiger partial charge in [-0.15, -0.1) is 0 Å². The molecule has 0 bridgehead atoms. The minimum Gasteiger partial charge on any atom is -0.456 e. The van der Waals surface area contributed by atoms with E-state index in [1.807, 2.05) is 0 Å². The number of unbranched alkanes of at least 4 members (excludes halogenated alkanes) is 11. The van der Waals surface area contributed by atoms with Crippen molar-refractivity contribution in [1.29, 1.82) is 0 Å². The van der Waals surface area contributed by atoms with Crippen LogP contribution in [0.5, 0.6) is 0 Å². The van der Waals surface area contributed by atoms with Crippen LogP contribution in [0.4, 0.5) is 10.2 Å². The standard InChI is InChI=1S/C15H24FN4O10P.C14H30/c1-9(21)10(7-29-31(25,26)27)30-14(16)20-6-4-11(19-15(20)24)18-12(22)8-28-13(23)3-5-17-2;1-3-5-7-9-11-13-14-12-10-8-6-4-2/h4,6,9-10,14,17,21H,3,5,7-8H2,1-2H3,(H2,25,26,27)(H,18,19,22,24);3-14H2,1-2H3. The molecule has 14 nitrogen and oxygen atoms in total. The third kappa shape index (κ3) is 23.7. The lowest BCUT2D eigenvalue weighted by Crippen LogP contribution is -2.36. The Labute approximate surface area is 265 Å². The zero-order valence-corrected chi connectivity index (χ0v) is 28.0. The molecule has 0 fully saturated rings. The first-order valence-electron chi connectivity index (χ1n) is 15.7. The predicted molar refractivity (Wildman–Crippen MR) is 168 cm³/mol. The normalized spacial score (nSPS) is 13.3. The summed E-state index contributed by atoms with van der Waals surface area (Å²) in [5, 5.41) is 14.5. The first kappa shape index (κ1) is 42.7. The summed E-state index contributed by atoms with van der Waals surface area (Å²) in [6, 6.07) is 1.06. The van der Waals surface area contributed by atoms with Crippen molar-refractivity contribution in [3.05, 3.63) is 22.7 Å². The van der Waals surface area contributed by atoms with Gasteiger partial charge >= 0.3 is 19.5 Å². The molecule has 1 heterocycles. The lowest BCUT2D eigenvalue weighted by atomic mass is 10.1. The molecular formula is C29H54FN4O10P. The smallest absolute Gasteiger partial charge is 0.456 e. The van der Waals surface area contributed by atoms with Crippen LogP contribution < -0.4 is 16.3 Å². The van der Waals surface area contributed by atoms with Gasteiger partial charge in [0, 0.05) is 12.7 Å². The number of aromatic nitrogens is 2. The quantitative estimate of drug-likeness (QED) is 0.0594. The van der Waals surface area contributed by atoms with Crippen LogP contribution in [0.15, 0.2) is 17.1 Å². The number of carbonyl (C=O) groups is 2. The second kappa shape index (κ2) is 25.9. The molecule has 1 rings (SSSR count). The molecule has 262 valence electrons. The van der Waals surface area contributed by atoms with E-state index in [1.165, 1.54) is 77.0 Å². The highest BCUT2D eigenvalue weighted by Crippen LogP contribution is 2.36. The molecule has 0 aromatic carbocycles. The third-order valence-electron chi connectivity index (χ3n) is 6.45. The second-order valence-electron chi connectivity index (χ2n) is 10.6. The lowest BCUT2D eigenvalue weighted by Gasteiger charge is -2.23. The fraction of sp³-hybridized carbons (Fsp3) is 0.793. The van der Waals surface area contributed by atoms with Gasteiger partial charge in [0.15, 0.2) is 6.61 Å². The molecule has 1 aromatic heterocycles. The summed E-state index contributed by atoms with van der Waals surface area (Å²) in [6.45, 7) is 2.14. The minimum absolute atomic E-state index is 0.0581. The van der Waals surface area contributed by atoms with Crippen molar-refractivity contribution < 1.29 is 47.4 Å². The van der Waals surface area contributed by atoms with E-state index in [-0.39, 0.29) is 12.2 Å². The molecule has 0 aliphatic rings. The molecule has 1 aromatic rings. The van der Waals surface area contributed by atoms with Crippen molar-refractivity contribution in [1.82, 2.24) is 14.9 Å². The molecule has 5 N–H and O–H groups in total. The van der Waals surface area contributed by atoms with Gasteiger partial charge in [-0.25, -0.2) is 13.9 Å². The Hall–Kier alpha value is -2.26. The van der Waals surface area contributed by atoms with Gasteiger partial charge in [0.2, 0.25) is 0 Å². The maximum absolute atomic E-state index is 14.3. The number of esters is 1. The van der Waals surface area contributed by atoms with Crippen LogP contribution in [0.25, 0.3) is 0 Å². The average molecular weight is 669 g/mol. The Morgan fingerprint density at radius 1 is 1.02 bits per heavy atom. The number of phosphoric acid groups is 1. The maximum atomic E-state index is 14.3. The summed E-state index contributed by atoms with van der Waals surface area (Å²) >= 11 is 0. The predicted octanol–water partition coefficient (Wildman–Crippen LogP) is 4.34. The Bertz CT molecular complexity index is 1030. The second-order valence-corrected chi connectivity index (χ2v) is 11.8. The van der Waals surface area contributed by atoms with Crippen LogP contribution in [0.3, 0.4) is 0 Å². The summed E-state index contributed by atoms with van der Waals surface area (Å²) in [7, 11) is -3.25. The van der Waals surface area contributed by atoms with Crippen molar-refractivity contribution in [2.75, 3.05) is 32.1 Å². The average Bonchev–Trinajstić information content (AvgIpc) is 2.97. The zero-order valence-electron chi connectivity index (χ0n) is 27.1. The molecule has 3 unspecified atom stereocenters. The first-order valence-corrected chi connectivity index (χ1v) is 17.2. The van der Waals surface area contributed by atoms with E-state index in [0.717, 1.165) is 19.2 Å². The topological polar surface area (TPSA) is 199 Å². The molecule has 16 heteroatoms. The number of ether oxygens (including phenoxy) is 2. The van der Waals surface area contributed by atoms with Gasteiger partial charge in [-0.2, -0.15) is 9.37 Å². The number of carbonyl (C=O) groups excluding carboxylic acids is 2. The molecule has 0 saturated carbocycles. The van der Waals surface area contributed by atoms with E-state index in [2.05, 4.69) is 34.0 Å². The number of phosphoric ester groups is 1. The van der Waals surface area contributed by atoms with E-state index in [0.29, 0.717) is 11.1 Å². The third-order valence-corrected chi connectivity index (χ3v) is 6.93. The molecule has 3 atom stereocenters. The van der Waals surface area contributed by atoms with Gasteiger partial charge in [-0.3, -0.25) is 14.1 Å². The fourth-order valence-corrected chi connectivity index (χ4v) is 4.19. The molecule has 0 aliphatic heterocycles. The summed E-state index contributed by atoms with van der Waals surface area (Å²) in [6.07, 6.45) is 15.5. The van der Waals surface area contributed by atoms with Crippen molar-refractivity contribution in [3.63, 3.8) is 0 Å². The Balaban J connectivity index is 0.00000116. The lowest BCUT2D eigenvalue weighted by molar-refractivity contribution is -0.173. The minimum atomic E-state index is -4.89. The number of amides is 1. The molecule has 0 spiro atoms. The summed E-state index contributed by atoms with van der Waals surface area (Å²) in [5.74, 6) is -1.64. The SMILES string of the molecule is CCCCCCCCCCCCCC.CNCCC(=O)OCC(=O)Nc1ccn(C(F)OC(COP(=O)(O)O)C(C)O)c(=O)n1. The highest BCUT2D eigenvalue weighted by Gasteiger charge is 2.26. The number of nitrogens with zero attached hydrogens (tertiary/aromatic N) is 2. The van der Waals surface area contributed by atoms with Crippen LogP contribution in [0, 0.1) is 0 Å². The van der Waals surface area contributed by atoms with E-state index in [9.17, 15) is 28.4 Å². The van der Waals surface area contributed by atoms with Crippen molar-refractivity contribution in [3.8, 4) is 0 Å². The Morgan fingerprint density at radius 3 is 2.00 bits per heavy atom. The van der Waals surface area contributed by atoms with Gasteiger partial charge in [0.1, 0.15) is 11.9 Å². The van der Waals surface area contributed by atoms with E-state index >= 15 is 0 Å². The number of alkyl halides is 1. The number of hydrogen-bond acceptors (Lipinski definition) is 10. The van der Waals surface area contributed by atoms with Crippen LogP contribution in [-0.4, -0.2) is 75.3 Å². The summed E-state index contributed by atoms with van der Waals surface area (Å²) in [4.78, 5) is 55.9. The fourth-order valence-electron chi connectivity index (χ4n) is 3.85. The largest absolute Gasteiger partial charge is 0.469 e. The molecular weight excluding hydrogens is 614 g/mol. The highest BCUT2D eigenvalue weighted by atomic mass is 31.2. The van der Waals surface area contributed by atoms with Gasteiger partial charge in [0.05, 0.1) is 19.1 Å².